The Kier molecular flexibility index (Phi) is 7.71. The Morgan fingerprint density at radius 3 is 2.65 bits per heavy atom. The summed E-state index contributed by atoms with van der Waals surface area (Å²) >= 11 is 5.78. The van der Waals surface area contributed by atoms with Crippen LogP contribution in [0.1, 0.15) is 57.1 Å². The molecule has 1 atom stereocenters. The van der Waals surface area contributed by atoms with Crippen molar-refractivity contribution in [2.75, 3.05) is 0 Å². The van der Waals surface area contributed by atoms with E-state index in [1.165, 1.54) is 29.3 Å². The van der Waals surface area contributed by atoms with Crippen LogP contribution < -0.4 is 0 Å². The van der Waals surface area contributed by atoms with Crippen molar-refractivity contribution in [1.29, 1.82) is 0 Å². The fourth-order valence-electron chi connectivity index (χ4n) is 1.87. The van der Waals surface area contributed by atoms with Crippen molar-refractivity contribution in [2.45, 2.75) is 51.6 Å². The van der Waals surface area contributed by atoms with E-state index < -0.39 is 0 Å². The molecular formula is C14H20BrIO. The minimum absolute atomic E-state index is 0.333. The second kappa shape index (κ2) is 8.48. The predicted molar refractivity (Wildman–Crippen MR) is 85.2 cm³/mol. The molecule has 0 aliphatic carbocycles. The molecular weight excluding hydrogens is 391 g/mol. The van der Waals surface area contributed by atoms with Gasteiger partial charge in [0.05, 0.1) is 6.10 Å². The fraction of sp³-hybridized carbons (Fsp3) is 0.571. The van der Waals surface area contributed by atoms with Crippen molar-refractivity contribution in [1.82, 2.24) is 0 Å². The molecule has 0 aromatic heterocycles. The van der Waals surface area contributed by atoms with Crippen molar-refractivity contribution < 1.29 is 5.11 Å². The fourth-order valence-corrected chi connectivity index (χ4v) is 2.89. The lowest BCUT2D eigenvalue weighted by Crippen LogP contribution is -1.99. The van der Waals surface area contributed by atoms with Gasteiger partial charge in [-0.1, -0.05) is 55.0 Å². The number of unbranched alkanes of at least 4 members (excludes halogenated alkanes) is 4. The van der Waals surface area contributed by atoms with Gasteiger partial charge in [-0.3, -0.25) is 0 Å². The van der Waals surface area contributed by atoms with Crippen LogP contribution in [0.2, 0.25) is 0 Å². The molecule has 17 heavy (non-hydrogen) atoms. The van der Waals surface area contributed by atoms with E-state index in [0.29, 0.717) is 0 Å². The molecule has 0 aliphatic heterocycles. The number of aliphatic hydroxyl groups excluding tert-OH is 1. The SMILES string of the molecule is CCCCCCCC(O)c1cc(I)ccc1Br. The predicted octanol–water partition coefficient (Wildman–Crippen LogP) is 5.45. The molecule has 0 heterocycles. The van der Waals surface area contributed by atoms with Gasteiger partial charge in [0.1, 0.15) is 0 Å². The summed E-state index contributed by atoms with van der Waals surface area (Å²) < 4.78 is 2.19. The van der Waals surface area contributed by atoms with E-state index in [1.54, 1.807) is 0 Å². The largest absolute Gasteiger partial charge is 0.388 e. The van der Waals surface area contributed by atoms with Crippen LogP contribution in [0.25, 0.3) is 0 Å². The van der Waals surface area contributed by atoms with Crippen LogP contribution in [0, 0.1) is 3.57 Å². The Hall–Kier alpha value is 0.390. The summed E-state index contributed by atoms with van der Waals surface area (Å²) in [7, 11) is 0. The number of halogens is 2. The molecule has 0 amide bonds. The number of benzene rings is 1. The first-order chi connectivity index (χ1) is 8.15. The molecule has 1 N–H and O–H groups in total. The van der Waals surface area contributed by atoms with Gasteiger partial charge in [0.25, 0.3) is 0 Å². The average Bonchev–Trinajstić information content (AvgIpc) is 2.32. The van der Waals surface area contributed by atoms with Crippen LogP contribution in [-0.4, -0.2) is 5.11 Å². The molecule has 0 saturated carbocycles. The van der Waals surface area contributed by atoms with Crippen LogP contribution >= 0.6 is 38.5 Å². The highest BCUT2D eigenvalue weighted by Gasteiger charge is 2.11. The molecule has 1 nitrogen and oxygen atoms in total. The number of hydrogen-bond acceptors (Lipinski definition) is 1. The average molecular weight is 411 g/mol. The molecule has 1 rings (SSSR count). The van der Waals surface area contributed by atoms with Crippen molar-refractivity contribution >= 4 is 38.5 Å². The van der Waals surface area contributed by atoms with Crippen molar-refractivity contribution in [2.24, 2.45) is 0 Å². The van der Waals surface area contributed by atoms with Gasteiger partial charge in [-0.25, -0.2) is 0 Å². The van der Waals surface area contributed by atoms with Gasteiger partial charge in [-0.05, 0) is 52.8 Å². The third kappa shape index (κ3) is 5.71. The van der Waals surface area contributed by atoms with Crippen LogP contribution in [-0.2, 0) is 0 Å². The topological polar surface area (TPSA) is 20.2 Å². The van der Waals surface area contributed by atoms with Gasteiger partial charge in [-0.2, -0.15) is 0 Å². The Morgan fingerprint density at radius 1 is 1.24 bits per heavy atom. The summed E-state index contributed by atoms with van der Waals surface area (Å²) in [4.78, 5) is 0. The van der Waals surface area contributed by atoms with Crippen molar-refractivity contribution in [3.63, 3.8) is 0 Å². The van der Waals surface area contributed by atoms with E-state index >= 15 is 0 Å². The zero-order valence-corrected chi connectivity index (χ0v) is 14.0. The summed E-state index contributed by atoms with van der Waals surface area (Å²) in [5.74, 6) is 0. The lowest BCUT2D eigenvalue weighted by atomic mass is 10.0. The Balaban J connectivity index is 2.41. The third-order valence-corrected chi connectivity index (χ3v) is 4.29. The maximum Gasteiger partial charge on any atom is 0.0801 e. The van der Waals surface area contributed by atoms with Crippen molar-refractivity contribution in [3.8, 4) is 0 Å². The first kappa shape index (κ1) is 15.4. The standard InChI is InChI=1S/C14H20BrIO/c1-2-3-4-5-6-7-14(17)12-10-11(16)8-9-13(12)15/h8-10,14,17H,2-7H2,1H3. The Bertz CT molecular complexity index is 341. The lowest BCUT2D eigenvalue weighted by Gasteiger charge is -2.13. The smallest absolute Gasteiger partial charge is 0.0801 e. The monoisotopic (exact) mass is 410 g/mol. The van der Waals surface area contributed by atoms with Gasteiger partial charge >= 0.3 is 0 Å². The number of hydrogen-bond donors (Lipinski definition) is 1. The van der Waals surface area contributed by atoms with Crippen LogP contribution in [0.15, 0.2) is 22.7 Å². The maximum atomic E-state index is 10.1. The molecule has 1 aromatic rings. The van der Waals surface area contributed by atoms with E-state index in [2.05, 4.69) is 51.5 Å². The first-order valence-electron chi connectivity index (χ1n) is 6.28. The summed E-state index contributed by atoms with van der Waals surface area (Å²) in [5.41, 5.74) is 1.02. The quantitative estimate of drug-likeness (QED) is 0.468. The van der Waals surface area contributed by atoms with E-state index in [1.807, 2.05) is 12.1 Å². The normalized spacial score (nSPS) is 12.7. The molecule has 0 aliphatic rings. The van der Waals surface area contributed by atoms with E-state index in [-0.39, 0.29) is 6.10 Å². The Labute approximate surface area is 126 Å². The second-order valence-electron chi connectivity index (χ2n) is 4.38. The van der Waals surface area contributed by atoms with E-state index in [0.717, 1.165) is 22.9 Å². The molecule has 0 bridgehead atoms. The molecule has 1 unspecified atom stereocenters. The first-order valence-corrected chi connectivity index (χ1v) is 8.15. The van der Waals surface area contributed by atoms with Gasteiger partial charge < -0.3 is 5.11 Å². The molecule has 1 aromatic carbocycles. The zero-order valence-electron chi connectivity index (χ0n) is 10.3. The summed E-state index contributed by atoms with van der Waals surface area (Å²) in [6.07, 6.45) is 6.74. The third-order valence-electron chi connectivity index (χ3n) is 2.90. The minimum atomic E-state index is -0.333. The molecule has 0 radical (unpaired) electrons. The summed E-state index contributed by atoms with van der Waals surface area (Å²) in [5, 5.41) is 10.1. The highest BCUT2D eigenvalue weighted by atomic mass is 127. The van der Waals surface area contributed by atoms with Crippen LogP contribution in [0.4, 0.5) is 0 Å². The maximum absolute atomic E-state index is 10.1. The molecule has 0 fully saturated rings. The van der Waals surface area contributed by atoms with Crippen LogP contribution in [0.3, 0.4) is 0 Å². The minimum Gasteiger partial charge on any atom is -0.388 e. The number of aliphatic hydroxyl groups is 1. The van der Waals surface area contributed by atoms with Gasteiger partial charge in [0, 0.05) is 8.04 Å². The molecule has 96 valence electrons. The highest BCUT2D eigenvalue weighted by Crippen LogP contribution is 2.28. The molecule has 0 saturated heterocycles. The number of rotatable bonds is 7. The van der Waals surface area contributed by atoms with Crippen LogP contribution in [0.5, 0.6) is 0 Å². The summed E-state index contributed by atoms with van der Waals surface area (Å²) in [6, 6.07) is 6.11. The van der Waals surface area contributed by atoms with Gasteiger partial charge in [0.2, 0.25) is 0 Å². The van der Waals surface area contributed by atoms with Crippen molar-refractivity contribution in [3.05, 3.63) is 31.8 Å². The second-order valence-corrected chi connectivity index (χ2v) is 6.48. The van der Waals surface area contributed by atoms with Gasteiger partial charge in [0.15, 0.2) is 0 Å². The van der Waals surface area contributed by atoms with E-state index in [9.17, 15) is 5.11 Å². The zero-order chi connectivity index (χ0) is 12.7. The van der Waals surface area contributed by atoms with Gasteiger partial charge in [-0.15, -0.1) is 0 Å². The molecule has 0 spiro atoms. The summed E-state index contributed by atoms with van der Waals surface area (Å²) in [6.45, 7) is 2.22. The van der Waals surface area contributed by atoms with E-state index in [4.69, 9.17) is 0 Å². The Morgan fingerprint density at radius 2 is 1.94 bits per heavy atom. The highest BCUT2D eigenvalue weighted by molar-refractivity contribution is 14.1. The molecule has 3 heteroatoms. The lowest BCUT2D eigenvalue weighted by molar-refractivity contribution is 0.162.